The van der Waals surface area contributed by atoms with Crippen LogP contribution in [0.15, 0.2) is 0 Å². The SMILES string of the molecule is CCCN(CCO)CC(CBr)C(C)C. The second-order valence-electron chi connectivity index (χ2n) is 4.18. The Morgan fingerprint density at radius 3 is 2.29 bits per heavy atom. The Bertz CT molecular complexity index is 124. The van der Waals surface area contributed by atoms with E-state index in [0.29, 0.717) is 11.8 Å². The van der Waals surface area contributed by atoms with Gasteiger partial charge in [0, 0.05) is 18.4 Å². The fraction of sp³-hybridized carbons (Fsp3) is 1.00. The molecule has 0 aliphatic rings. The van der Waals surface area contributed by atoms with Gasteiger partial charge in [0.25, 0.3) is 0 Å². The molecule has 86 valence electrons. The third-order valence-electron chi connectivity index (χ3n) is 2.59. The van der Waals surface area contributed by atoms with Crippen LogP contribution in [0.25, 0.3) is 0 Å². The largest absolute Gasteiger partial charge is 0.395 e. The molecule has 0 aliphatic carbocycles. The average Bonchev–Trinajstić information content (AvgIpc) is 2.14. The number of hydrogen-bond acceptors (Lipinski definition) is 2. The summed E-state index contributed by atoms with van der Waals surface area (Å²) in [4.78, 5) is 2.35. The van der Waals surface area contributed by atoms with Gasteiger partial charge in [-0.15, -0.1) is 0 Å². The van der Waals surface area contributed by atoms with Gasteiger partial charge in [0.1, 0.15) is 0 Å². The summed E-state index contributed by atoms with van der Waals surface area (Å²) in [7, 11) is 0. The van der Waals surface area contributed by atoms with E-state index in [2.05, 4.69) is 41.6 Å². The molecule has 2 nitrogen and oxygen atoms in total. The lowest BCUT2D eigenvalue weighted by atomic mass is 9.97. The third kappa shape index (κ3) is 5.99. The van der Waals surface area contributed by atoms with Crippen molar-refractivity contribution in [2.24, 2.45) is 11.8 Å². The number of aliphatic hydroxyl groups is 1. The van der Waals surface area contributed by atoms with Crippen molar-refractivity contribution in [1.29, 1.82) is 0 Å². The normalized spacial score (nSPS) is 13.9. The smallest absolute Gasteiger partial charge is 0.0558 e. The topological polar surface area (TPSA) is 23.5 Å². The van der Waals surface area contributed by atoms with E-state index in [-0.39, 0.29) is 6.61 Å². The minimum Gasteiger partial charge on any atom is -0.395 e. The monoisotopic (exact) mass is 265 g/mol. The summed E-state index contributed by atoms with van der Waals surface area (Å²) in [6.45, 7) is 9.97. The van der Waals surface area contributed by atoms with Crippen LogP contribution in [0.1, 0.15) is 27.2 Å². The molecule has 0 saturated carbocycles. The van der Waals surface area contributed by atoms with Gasteiger partial charge in [-0.2, -0.15) is 0 Å². The predicted molar refractivity (Wildman–Crippen MR) is 65.9 cm³/mol. The maximum Gasteiger partial charge on any atom is 0.0558 e. The second-order valence-corrected chi connectivity index (χ2v) is 4.83. The van der Waals surface area contributed by atoms with Gasteiger partial charge < -0.3 is 10.0 Å². The minimum atomic E-state index is 0.271. The summed E-state index contributed by atoms with van der Waals surface area (Å²) in [6, 6.07) is 0. The highest BCUT2D eigenvalue weighted by Crippen LogP contribution is 2.15. The van der Waals surface area contributed by atoms with Crippen LogP contribution in [0.4, 0.5) is 0 Å². The summed E-state index contributed by atoms with van der Waals surface area (Å²) in [5.74, 6) is 1.39. The summed E-state index contributed by atoms with van der Waals surface area (Å²) in [6.07, 6.45) is 1.16. The van der Waals surface area contributed by atoms with Crippen LogP contribution in [0.3, 0.4) is 0 Å². The van der Waals surface area contributed by atoms with Crippen LogP contribution in [0.2, 0.25) is 0 Å². The lowest BCUT2D eigenvalue weighted by molar-refractivity contribution is 0.167. The number of nitrogens with zero attached hydrogens (tertiary/aromatic N) is 1. The van der Waals surface area contributed by atoms with Crippen molar-refractivity contribution >= 4 is 15.9 Å². The molecule has 3 heteroatoms. The van der Waals surface area contributed by atoms with E-state index in [9.17, 15) is 0 Å². The number of aliphatic hydroxyl groups excluding tert-OH is 1. The van der Waals surface area contributed by atoms with E-state index >= 15 is 0 Å². The molecule has 0 aromatic heterocycles. The molecule has 0 bridgehead atoms. The van der Waals surface area contributed by atoms with Crippen molar-refractivity contribution in [2.75, 3.05) is 31.6 Å². The molecule has 1 unspecified atom stereocenters. The highest BCUT2D eigenvalue weighted by atomic mass is 79.9. The fourth-order valence-corrected chi connectivity index (χ4v) is 2.47. The minimum absolute atomic E-state index is 0.271. The molecular formula is C11H24BrNO. The molecule has 1 atom stereocenters. The summed E-state index contributed by atoms with van der Waals surface area (Å²) < 4.78 is 0. The zero-order valence-electron chi connectivity index (χ0n) is 9.67. The van der Waals surface area contributed by atoms with Crippen molar-refractivity contribution < 1.29 is 5.11 Å². The molecule has 14 heavy (non-hydrogen) atoms. The first-order valence-electron chi connectivity index (χ1n) is 5.54. The van der Waals surface area contributed by atoms with E-state index < -0.39 is 0 Å². The van der Waals surface area contributed by atoms with Gasteiger partial charge in [-0.1, -0.05) is 36.7 Å². The third-order valence-corrected chi connectivity index (χ3v) is 3.42. The van der Waals surface area contributed by atoms with Gasteiger partial charge in [-0.3, -0.25) is 0 Å². The van der Waals surface area contributed by atoms with Crippen LogP contribution in [-0.4, -0.2) is 41.6 Å². The average molecular weight is 266 g/mol. The van der Waals surface area contributed by atoms with Crippen molar-refractivity contribution in [3.05, 3.63) is 0 Å². The Balaban J connectivity index is 3.96. The standard InChI is InChI=1S/C11H24BrNO/c1-4-5-13(6-7-14)9-11(8-12)10(2)3/h10-11,14H,4-9H2,1-3H3. The quantitative estimate of drug-likeness (QED) is 0.682. The van der Waals surface area contributed by atoms with Crippen molar-refractivity contribution in [1.82, 2.24) is 4.90 Å². The van der Waals surface area contributed by atoms with Gasteiger partial charge in [-0.05, 0) is 24.8 Å². The molecule has 0 amide bonds. The highest BCUT2D eigenvalue weighted by molar-refractivity contribution is 9.09. The summed E-state index contributed by atoms with van der Waals surface area (Å²) >= 11 is 3.56. The molecule has 0 heterocycles. The summed E-state index contributed by atoms with van der Waals surface area (Å²) in [5, 5.41) is 9.99. The molecular weight excluding hydrogens is 242 g/mol. The van der Waals surface area contributed by atoms with Crippen molar-refractivity contribution in [2.45, 2.75) is 27.2 Å². The lowest BCUT2D eigenvalue weighted by Gasteiger charge is -2.27. The van der Waals surface area contributed by atoms with E-state index in [1.165, 1.54) is 0 Å². The first kappa shape index (κ1) is 14.4. The number of hydrogen-bond donors (Lipinski definition) is 1. The van der Waals surface area contributed by atoms with Gasteiger partial charge in [0.05, 0.1) is 6.61 Å². The molecule has 0 fully saturated rings. The van der Waals surface area contributed by atoms with Crippen molar-refractivity contribution in [3.63, 3.8) is 0 Å². The fourth-order valence-electron chi connectivity index (χ4n) is 1.52. The molecule has 0 rings (SSSR count). The van der Waals surface area contributed by atoms with E-state index in [1.54, 1.807) is 0 Å². The maximum absolute atomic E-state index is 8.93. The Labute approximate surface area is 96.8 Å². The van der Waals surface area contributed by atoms with Gasteiger partial charge in [0.15, 0.2) is 0 Å². The molecule has 0 saturated heterocycles. The maximum atomic E-state index is 8.93. The molecule has 0 spiro atoms. The Morgan fingerprint density at radius 1 is 1.29 bits per heavy atom. The van der Waals surface area contributed by atoms with E-state index in [1.807, 2.05) is 0 Å². The zero-order chi connectivity index (χ0) is 11.0. The molecule has 1 N–H and O–H groups in total. The van der Waals surface area contributed by atoms with Crippen LogP contribution >= 0.6 is 15.9 Å². The first-order valence-corrected chi connectivity index (χ1v) is 6.67. The Hall–Kier alpha value is 0.400. The number of rotatable bonds is 8. The zero-order valence-corrected chi connectivity index (χ0v) is 11.3. The summed E-state index contributed by atoms with van der Waals surface area (Å²) in [5.41, 5.74) is 0. The second kappa shape index (κ2) is 8.69. The van der Waals surface area contributed by atoms with Crippen molar-refractivity contribution in [3.8, 4) is 0 Å². The van der Waals surface area contributed by atoms with E-state index in [4.69, 9.17) is 5.11 Å². The Morgan fingerprint density at radius 2 is 1.93 bits per heavy atom. The molecule has 0 aromatic rings. The Kier molecular flexibility index (Phi) is 8.94. The van der Waals surface area contributed by atoms with Crippen LogP contribution in [0.5, 0.6) is 0 Å². The molecule has 0 radical (unpaired) electrons. The highest BCUT2D eigenvalue weighted by Gasteiger charge is 2.15. The van der Waals surface area contributed by atoms with Gasteiger partial charge >= 0.3 is 0 Å². The lowest BCUT2D eigenvalue weighted by Crippen LogP contribution is -2.35. The number of alkyl halides is 1. The van der Waals surface area contributed by atoms with Gasteiger partial charge in [-0.25, -0.2) is 0 Å². The van der Waals surface area contributed by atoms with Crippen LogP contribution in [0, 0.1) is 11.8 Å². The van der Waals surface area contributed by atoms with Crippen LogP contribution in [-0.2, 0) is 0 Å². The van der Waals surface area contributed by atoms with Gasteiger partial charge in [0.2, 0.25) is 0 Å². The first-order chi connectivity index (χ1) is 6.65. The molecule has 0 aromatic carbocycles. The van der Waals surface area contributed by atoms with Crippen LogP contribution < -0.4 is 0 Å². The number of halogens is 1. The van der Waals surface area contributed by atoms with E-state index in [0.717, 1.165) is 31.4 Å². The molecule has 0 aliphatic heterocycles. The predicted octanol–water partition coefficient (Wildman–Crippen LogP) is 2.36.